The van der Waals surface area contributed by atoms with Gasteiger partial charge in [-0.3, -0.25) is 9.59 Å². The number of hydrogen-bond donors (Lipinski definition) is 2. The highest BCUT2D eigenvalue weighted by Gasteiger charge is 2.41. The van der Waals surface area contributed by atoms with Gasteiger partial charge in [0, 0.05) is 11.7 Å². The van der Waals surface area contributed by atoms with E-state index in [1.54, 1.807) is 25.7 Å². The maximum absolute atomic E-state index is 13.8. The lowest BCUT2D eigenvalue weighted by Gasteiger charge is -2.32. The standard InChI is InChI=1S/C30H35N3O4/c1-5-20-10-12-22(13-11-20)27(28(35)32-24-15-14-21-8-6-7-9-23(21)18-24)33(25-16-17-25)26(34)19-31-29(36)37-30(2,3)4/h6-15,18,25,27H,5,16-17,19H2,1-4H3,(H,31,36)(H,32,35). The molecule has 3 amide bonds. The number of anilines is 1. The summed E-state index contributed by atoms with van der Waals surface area (Å²) in [6.07, 6.45) is 1.83. The Balaban J connectivity index is 1.60. The molecule has 0 radical (unpaired) electrons. The van der Waals surface area contributed by atoms with Crippen LogP contribution in [0.4, 0.5) is 10.5 Å². The molecule has 3 aromatic rings. The van der Waals surface area contributed by atoms with Crippen molar-refractivity contribution < 1.29 is 19.1 Å². The molecule has 194 valence electrons. The van der Waals surface area contributed by atoms with Crippen LogP contribution in [0.25, 0.3) is 10.8 Å². The summed E-state index contributed by atoms with van der Waals surface area (Å²) in [6, 6.07) is 20.6. The molecule has 7 heteroatoms. The molecule has 2 N–H and O–H groups in total. The number of benzene rings is 3. The summed E-state index contributed by atoms with van der Waals surface area (Å²) >= 11 is 0. The molecule has 1 fully saturated rings. The molecular formula is C30H35N3O4. The van der Waals surface area contributed by atoms with E-state index in [0.29, 0.717) is 5.69 Å². The topological polar surface area (TPSA) is 87.7 Å². The van der Waals surface area contributed by atoms with Gasteiger partial charge in [0.15, 0.2) is 0 Å². The summed E-state index contributed by atoms with van der Waals surface area (Å²) in [4.78, 5) is 41.0. The summed E-state index contributed by atoms with van der Waals surface area (Å²) < 4.78 is 5.28. The van der Waals surface area contributed by atoms with Crippen LogP contribution in [0.5, 0.6) is 0 Å². The molecule has 0 bridgehead atoms. The van der Waals surface area contributed by atoms with E-state index >= 15 is 0 Å². The zero-order chi connectivity index (χ0) is 26.6. The lowest BCUT2D eigenvalue weighted by Crippen LogP contribution is -2.47. The molecule has 0 saturated heterocycles. The molecule has 0 aliphatic heterocycles. The Labute approximate surface area is 218 Å². The number of alkyl carbamates (subject to hydrolysis) is 1. The molecule has 0 spiro atoms. The second-order valence-corrected chi connectivity index (χ2v) is 10.4. The van der Waals surface area contributed by atoms with Crippen molar-refractivity contribution in [2.75, 3.05) is 11.9 Å². The van der Waals surface area contributed by atoms with Gasteiger partial charge in [0.2, 0.25) is 5.91 Å². The average Bonchev–Trinajstić information content (AvgIpc) is 3.70. The minimum atomic E-state index is -0.835. The number of carbonyl (C=O) groups excluding carboxylic acids is 3. The maximum atomic E-state index is 13.8. The monoisotopic (exact) mass is 501 g/mol. The molecule has 1 aliphatic carbocycles. The number of fused-ring (bicyclic) bond motifs is 1. The van der Waals surface area contributed by atoms with E-state index in [0.717, 1.165) is 41.2 Å². The molecule has 37 heavy (non-hydrogen) atoms. The number of nitrogens with one attached hydrogen (secondary N) is 2. The van der Waals surface area contributed by atoms with Crippen molar-refractivity contribution in [3.05, 3.63) is 77.9 Å². The lowest BCUT2D eigenvalue weighted by molar-refractivity contribution is -0.138. The van der Waals surface area contributed by atoms with E-state index in [-0.39, 0.29) is 24.4 Å². The summed E-state index contributed by atoms with van der Waals surface area (Å²) in [6.45, 7) is 7.10. The van der Waals surface area contributed by atoms with Crippen LogP contribution in [-0.4, -0.2) is 41.0 Å². The highest BCUT2D eigenvalue weighted by Crippen LogP contribution is 2.36. The largest absolute Gasteiger partial charge is 0.444 e. The predicted octanol–water partition coefficient (Wildman–Crippen LogP) is 5.60. The van der Waals surface area contributed by atoms with Gasteiger partial charge < -0.3 is 20.3 Å². The highest BCUT2D eigenvalue weighted by molar-refractivity contribution is 6.00. The van der Waals surface area contributed by atoms with Crippen molar-refractivity contribution in [2.24, 2.45) is 0 Å². The zero-order valence-corrected chi connectivity index (χ0v) is 21.9. The Hall–Kier alpha value is -3.87. The van der Waals surface area contributed by atoms with Crippen LogP contribution in [0.2, 0.25) is 0 Å². The number of hydrogen-bond acceptors (Lipinski definition) is 4. The fraction of sp³-hybridized carbons (Fsp3) is 0.367. The normalized spacial score (nSPS) is 14.1. The number of amides is 3. The van der Waals surface area contributed by atoms with Gasteiger partial charge in [-0.1, -0.05) is 61.5 Å². The second-order valence-electron chi connectivity index (χ2n) is 10.4. The number of aryl methyl sites for hydroxylation is 1. The summed E-state index contributed by atoms with van der Waals surface area (Å²) in [5.41, 5.74) is 1.86. The molecule has 7 nitrogen and oxygen atoms in total. The Morgan fingerprint density at radius 3 is 2.27 bits per heavy atom. The Kier molecular flexibility index (Phi) is 7.81. The second kappa shape index (κ2) is 11.0. The third kappa shape index (κ3) is 6.88. The van der Waals surface area contributed by atoms with Crippen LogP contribution < -0.4 is 10.6 Å². The van der Waals surface area contributed by atoms with Gasteiger partial charge in [-0.15, -0.1) is 0 Å². The minimum absolute atomic E-state index is 0.0638. The zero-order valence-electron chi connectivity index (χ0n) is 21.9. The quantitative estimate of drug-likeness (QED) is 0.421. The first-order valence-electron chi connectivity index (χ1n) is 12.8. The fourth-order valence-corrected chi connectivity index (χ4v) is 4.32. The van der Waals surface area contributed by atoms with Gasteiger partial charge >= 0.3 is 6.09 Å². The van der Waals surface area contributed by atoms with Crippen LogP contribution in [-0.2, 0) is 20.7 Å². The SMILES string of the molecule is CCc1ccc(C(C(=O)Nc2ccc3ccccc3c2)N(C(=O)CNC(=O)OC(C)(C)C)C2CC2)cc1. The predicted molar refractivity (Wildman–Crippen MR) is 145 cm³/mol. The van der Waals surface area contributed by atoms with Gasteiger partial charge in [-0.2, -0.15) is 0 Å². The number of carbonyl (C=O) groups is 3. The third-order valence-electron chi connectivity index (χ3n) is 6.26. The van der Waals surface area contributed by atoms with Crippen molar-refractivity contribution in [3.63, 3.8) is 0 Å². The lowest BCUT2D eigenvalue weighted by atomic mass is 10.0. The molecule has 1 unspecified atom stereocenters. The minimum Gasteiger partial charge on any atom is -0.444 e. The van der Waals surface area contributed by atoms with Crippen molar-refractivity contribution >= 4 is 34.4 Å². The van der Waals surface area contributed by atoms with E-state index in [2.05, 4.69) is 17.6 Å². The van der Waals surface area contributed by atoms with Gasteiger partial charge in [-0.25, -0.2) is 4.79 Å². The number of ether oxygens (including phenoxy) is 1. The van der Waals surface area contributed by atoms with E-state index < -0.39 is 17.7 Å². The first-order valence-corrected chi connectivity index (χ1v) is 12.8. The van der Waals surface area contributed by atoms with Gasteiger partial charge in [0.1, 0.15) is 18.2 Å². The van der Waals surface area contributed by atoms with Gasteiger partial charge in [-0.05, 0) is 74.1 Å². The van der Waals surface area contributed by atoms with E-state index in [1.807, 2.05) is 66.7 Å². The van der Waals surface area contributed by atoms with Crippen LogP contribution in [0.15, 0.2) is 66.7 Å². The molecule has 1 aliphatic rings. The Morgan fingerprint density at radius 1 is 0.973 bits per heavy atom. The van der Waals surface area contributed by atoms with Crippen molar-refractivity contribution in [3.8, 4) is 0 Å². The smallest absolute Gasteiger partial charge is 0.408 e. The van der Waals surface area contributed by atoms with Crippen LogP contribution in [0.3, 0.4) is 0 Å². The Bertz CT molecular complexity index is 1280. The van der Waals surface area contributed by atoms with E-state index in [9.17, 15) is 14.4 Å². The van der Waals surface area contributed by atoms with Crippen LogP contribution in [0, 0.1) is 0 Å². The molecular weight excluding hydrogens is 466 g/mol. The highest BCUT2D eigenvalue weighted by atomic mass is 16.6. The average molecular weight is 502 g/mol. The maximum Gasteiger partial charge on any atom is 0.408 e. The van der Waals surface area contributed by atoms with Gasteiger partial charge in [0.25, 0.3) is 5.91 Å². The van der Waals surface area contributed by atoms with E-state index in [1.165, 1.54) is 0 Å². The molecule has 1 saturated carbocycles. The Morgan fingerprint density at radius 2 is 1.65 bits per heavy atom. The third-order valence-corrected chi connectivity index (χ3v) is 6.26. The molecule has 1 atom stereocenters. The van der Waals surface area contributed by atoms with Gasteiger partial charge in [0.05, 0.1) is 0 Å². The molecule has 3 aromatic carbocycles. The van der Waals surface area contributed by atoms with E-state index in [4.69, 9.17) is 4.74 Å². The van der Waals surface area contributed by atoms with Crippen LogP contribution >= 0.6 is 0 Å². The number of nitrogens with zero attached hydrogens (tertiary/aromatic N) is 1. The first-order chi connectivity index (χ1) is 17.6. The molecule has 0 heterocycles. The van der Waals surface area contributed by atoms with Crippen molar-refractivity contribution in [1.82, 2.24) is 10.2 Å². The van der Waals surface area contributed by atoms with Crippen LogP contribution in [0.1, 0.15) is 57.7 Å². The fourth-order valence-electron chi connectivity index (χ4n) is 4.32. The molecule has 4 rings (SSSR count). The summed E-state index contributed by atoms with van der Waals surface area (Å²) in [5.74, 6) is -0.622. The summed E-state index contributed by atoms with van der Waals surface area (Å²) in [7, 11) is 0. The summed E-state index contributed by atoms with van der Waals surface area (Å²) in [5, 5.41) is 7.68. The first kappa shape index (κ1) is 26.2. The molecule has 0 aromatic heterocycles. The number of rotatable bonds is 8. The van der Waals surface area contributed by atoms with Crippen molar-refractivity contribution in [1.29, 1.82) is 0 Å². The van der Waals surface area contributed by atoms with Crippen molar-refractivity contribution in [2.45, 2.75) is 64.6 Å².